The molecule has 0 aliphatic heterocycles. The lowest BCUT2D eigenvalue weighted by Gasteiger charge is -2.00. The molecule has 1 aliphatic carbocycles. The van der Waals surface area contributed by atoms with Gasteiger partial charge in [-0.2, -0.15) is 0 Å². The Hall–Kier alpha value is -0.440. The lowest BCUT2D eigenvalue weighted by atomic mass is 10.1. The fraction of sp³-hybridized carbons (Fsp3) is 0.333. The van der Waals surface area contributed by atoms with E-state index >= 15 is 0 Å². The molecule has 0 heterocycles. The van der Waals surface area contributed by atoms with E-state index in [4.69, 9.17) is 0 Å². The Labute approximate surface area is 77.7 Å². The Morgan fingerprint density at radius 1 is 1.42 bits per heavy atom. The molecule has 12 heavy (non-hydrogen) atoms. The fourth-order valence-electron chi connectivity index (χ4n) is 1.31. The largest absolute Gasteiger partial charge is 0.231 e. The molecule has 0 radical (unpaired) electrons. The number of hydrogen-bond donors (Lipinski definition) is 0. The monoisotopic (exact) mass is 232 g/mol. The van der Waals surface area contributed by atoms with E-state index < -0.39 is 4.58 Å². The zero-order valence-electron chi connectivity index (χ0n) is 6.23. The maximum atomic E-state index is 13.1. The summed E-state index contributed by atoms with van der Waals surface area (Å²) in [5, 5.41) is 0. The van der Waals surface area contributed by atoms with Gasteiger partial charge in [0, 0.05) is 12.3 Å². The van der Waals surface area contributed by atoms with Crippen LogP contribution in [0.3, 0.4) is 0 Å². The lowest BCUT2D eigenvalue weighted by molar-refractivity contribution is 0.432. The second-order valence-electron chi connectivity index (χ2n) is 3.04. The molecule has 1 aromatic carbocycles. The summed E-state index contributed by atoms with van der Waals surface area (Å²) < 4.78 is 24.7. The quantitative estimate of drug-likeness (QED) is 0.652. The first kappa shape index (κ1) is 8.17. The van der Waals surface area contributed by atoms with Gasteiger partial charge in [-0.3, -0.25) is 0 Å². The van der Waals surface area contributed by atoms with E-state index in [1.54, 1.807) is 18.2 Å². The third-order valence-electron chi connectivity index (χ3n) is 2.11. The van der Waals surface area contributed by atoms with Crippen molar-refractivity contribution in [2.24, 2.45) is 0 Å². The van der Waals surface area contributed by atoms with Crippen LogP contribution in [-0.4, -0.2) is 4.58 Å². The summed E-state index contributed by atoms with van der Waals surface area (Å²) in [6.07, 6.45) is 0.369. The van der Waals surface area contributed by atoms with E-state index in [2.05, 4.69) is 15.9 Å². The number of halogens is 3. The van der Waals surface area contributed by atoms with E-state index in [0.29, 0.717) is 12.0 Å². The maximum Gasteiger partial charge on any atom is 0.172 e. The third-order valence-corrected chi connectivity index (χ3v) is 2.98. The molecule has 0 spiro atoms. The minimum Gasteiger partial charge on any atom is -0.231 e. The van der Waals surface area contributed by atoms with Gasteiger partial charge in [-0.1, -0.05) is 18.2 Å². The van der Waals surface area contributed by atoms with Crippen LogP contribution < -0.4 is 0 Å². The smallest absolute Gasteiger partial charge is 0.172 e. The molecular formula is C9H7BrF2. The maximum absolute atomic E-state index is 13.1. The van der Waals surface area contributed by atoms with Gasteiger partial charge in [-0.05, 0) is 27.6 Å². The molecular weight excluding hydrogens is 226 g/mol. The molecule has 1 aliphatic rings. The van der Waals surface area contributed by atoms with Gasteiger partial charge in [-0.25, -0.2) is 8.78 Å². The molecule has 1 aromatic rings. The van der Waals surface area contributed by atoms with Crippen molar-refractivity contribution in [2.75, 3.05) is 0 Å². The van der Waals surface area contributed by atoms with Gasteiger partial charge in [0.25, 0.3) is 0 Å². The summed E-state index contributed by atoms with van der Waals surface area (Å²) >= 11 is 2.89. The van der Waals surface area contributed by atoms with Crippen LogP contribution in [0.2, 0.25) is 0 Å². The molecule has 3 heteroatoms. The highest BCUT2D eigenvalue weighted by Crippen LogP contribution is 2.59. The Kier molecular flexibility index (Phi) is 1.72. The summed E-state index contributed by atoms with van der Waals surface area (Å²) in [5.41, 5.74) is 0.469. The van der Waals surface area contributed by atoms with Crippen LogP contribution in [0.1, 0.15) is 17.9 Å². The SMILES string of the molecule is Fc1ccccc1C1CC1(F)Br. The van der Waals surface area contributed by atoms with E-state index in [0.717, 1.165) is 0 Å². The van der Waals surface area contributed by atoms with Crippen molar-refractivity contribution in [1.29, 1.82) is 0 Å². The first-order valence-corrected chi connectivity index (χ1v) is 4.53. The first-order chi connectivity index (χ1) is 5.61. The van der Waals surface area contributed by atoms with Crippen LogP contribution in [0, 0.1) is 5.82 Å². The minimum atomic E-state index is -1.37. The molecule has 0 amide bonds. The standard InChI is InChI=1S/C9H7BrF2/c10-9(12)5-7(9)6-3-1-2-4-8(6)11/h1-4,7H,5H2. The van der Waals surface area contributed by atoms with Gasteiger partial charge in [-0.15, -0.1) is 0 Å². The number of benzene rings is 1. The highest BCUT2D eigenvalue weighted by atomic mass is 79.9. The normalized spacial score (nSPS) is 33.4. The molecule has 0 nitrogen and oxygen atoms in total. The van der Waals surface area contributed by atoms with Crippen LogP contribution >= 0.6 is 15.9 Å². The summed E-state index contributed by atoms with van der Waals surface area (Å²) in [6.45, 7) is 0. The summed E-state index contributed by atoms with van der Waals surface area (Å²) in [7, 11) is 0. The van der Waals surface area contributed by atoms with Crippen LogP contribution in [-0.2, 0) is 0 Å². The molecule has 2 atom stereocenters. The van der Waals surface area contributed by atoms with Gasteiger partial charge >= 0.3 is 0 Å². The van der Waals surface area contributed by atoms with E-state index in [-0.39, 0.29) is 11.7 Å². The molecule has 0 aromatic heterocycles. The summed E-state index contributed by atoms with van der Waals surface area (Å²) in [6, 6.07) is 6.31. The van der Waals surface area contributed by atoms with Gasteiger partial charge in [0.15, 0.2) is 4.58 Å². The molecule has 64 valence electrons. The first-order valence-electron chi connectivity index (χ1n) is 3.73. The number of hydrogen-bond acceptors (Lipinski definition) is 0. The zero-order chi connectivity index (χ0) is 8.77. The number of rotatable bonds is 1. The third kappa shape index (κ3) is 1.26. The van der Waals surface area contributed by atoms with Gasteiger partial charge in [0.2, 0.25) is 0 Å². The Balaban J connectivity index is 2.31. The van der Waals surface area contributed by atoms with Crippen LogP contribution in [0.15, 0.2) is 24.3 Å². The van der Waals surface area contributed by atoms with Crippen molar-refractivity contribution in [1.82, 2.24) is 0 Å². The van der Waals surface area contributed by atoms with Crippen LogP contribution in [0.5, 0.6) is 0 Å². The number of alkyl halides is 2. The lowest BCUT2D eigenvalue weighted by Crippen LogP contribution is -1.93. The predicted molar refractivity (Wildman–Crippen MR) is 46.5 cm³/mol. The summed E-state index contributed by atoms with van der Waals surface area (Å²) in [4.78, 5) is 0. The fourth-order valence-corrected chi connectivity index (χ4v) is 1.88. The van der Waals surface area contributed by atoms with Gasteiger partial charge in [0.1, 0.15) is 5.82 Å². The van der Waals surface area contributed by atoms with Crippen molar-refractivity contribution in [3.05, 3.63) is 35.6 Å². The highest BCUT2D eigenvalue weighted by Gasteiger charge is 2.55. The molecule has 2 unspecified atom stereocenters. The molecule has 1 saturated carbocycles. The molecule has 0 N–H and O–H groups in total. The predicted octanol–water partition coefficient (Wildman–Crippen LogP) is 3.37. The van der Waals surface area contributed by atoms with Crippen LogP contribution in [0.25, 0.3) is 0 Å². The zero-order valence-corrected chi connectivity index (χ0v) is 7.81. The van der Waals surface area contributed by atoms with Crippen molar-refractivity contribution < 1.29 is 8.78 Å². The topological polar surface area (TPSA) is 0 Å². The van der Waals surface area contributed by atoms with Crippen molar-refractivity contribution in [3.63, 3.8) is 0 Å². The second-order valence-corrected chi connectivity index (χ2v) is 4.36. The molecule has 0 bridgehead atoms. The highest BCUT2D eigenvalue weighted by molar-refractivity contribution is 9.10. The van der Waals surface area contributed by atoms with Crippen molar-refractivity contribution >= 4 is 15.9 Å². The average Bonchev–Trinajstić information content (AvgIpc) is 2.61. The van der Waals surface area contributed by atoms with Crippen LogP contribution in [0.4, 0.5) is 8.78 Å². The second kappa shape index (κ2) is 2.52. The van der Waals surface area contributed by atoms with Crippen molar-refractivity contribution in [2.45, 2.75) is 16.9 Å². The Bertz CT molecular complexity index is 309. The van der Waals surface area contributed by atoms with Crippen molar-refractivity contribution in [3.8, 4) is 0 Å². The Morgan fingerprint density at radius 3 is 2.50 bits per heavy atom. The van der Waals surface area contributed by atoms with Gasteiger partial charge < -0.3 is 0 Å². The average molecular weight is 233 g/mol. The summed E-state index contributed by atoms with van der Waals surface area (Å²) in [5.74, 6) is -0.625. The minimum absolute atomic E-state index is 0.307. The van der Waals surface area contributed by atoms with E-state index in [1.165, 1.54) is 6.07 Å². The molecule has 0 saturated heterocycles. The van der Waals surface area contributed by atoms with E-state index in [1.807, 2.05) is 0 Å². The van der Waals surface area contributed by atoms with E-state index in [9.17, 15) is 8.78 Å². The Morgan fingerprint density at radius 2 is 2.00 bits per heavy atom. The molecule has 1 fully saturated rings. The van der Waals surface area contributed by atoms with Gasteiger partial charge in [0.05, 0.1) is 0 Å². The molecule has 2 rings (SSSR count).